The third kappa shape index (κ3) is 5.46. The minimum absolute atomic E-state index is 0.0102. The zero-order valence-electron chi connectivity index (χ0n) is 23.7. The molecule has 13 heteroatoms. The second-order valence-electron chi connectivity index (χ2n) is 11.0. The molecule has 1 aliphatic rings. The maximum atomic E-state index is 15.5. The van der Waals surface area contributed by atoms with Crippen LogP contribution in [0, 0.1) is 11.9 Å². The number of alkyl halides is 3. The van der Waals surface area contributed by atoms with Crippen LogP contribution >= 0.6 is 15.9 Å². The van der Waals surface area contributed by atoms with Gasteiger partial charge in [0.1, 0.15) is 5.65 Å². The molecule has 2 amide bonds. The first-order valence-corrected chi connectivity index (χ1v) is 14.4. The molecular formula is C30H28BrF4N5O3. The van der Waals surface area contributed by atoms with Crippen molar-refractivity contribution in [2.24, 2.45) is 5.92 Å². The summed E-state index contributed by atoms with van der Waals surface area (Å²) in [5.74, 6) is -1.72. The van der Waals surface area contributed by atoms with Gasteiger partial charge in [-0.3, -0.25) is 19.0 Å². The molecule has 1 aliphatic heterocycles. The number of hydrogen-bond donors (Lipinski definition) is 1. The Morgan fingerprint density at radius 2 is 1.77 bits per heavy atom. The Hall–Kier alpha value is -4.00. The fourth-order valence-electron chi connectivity index (χ4n) is 5.45. The molecule has 8 nitrogen and oxygen atoms in total. The second-order valence-corrected chi connectivity index (χ2v) is 11.8. The molecule has 4 aromatic rings. The molecule has 3 heterocycles. The Kier molecular flexibility index (Phi) is 7.97. The molecule has 0 saturated heterocycles. The van der Waals surface area contributed by atoms with Crippen LogP contribution < -0.4 is 10.9 Å². The Labute approximate surface area is 252 Å². The minimum atomic E-state index is -4.68. The lowest BCUT2D eigenvalue weighted by Crippen LogP contribution is -2.46. The maximum Gasteiger partial charge on any atom is 0.417 e. The number of nitrogens with one attached hydrogen (secondary N) is 1. The van der Waals surface area contributed by atoms with Gasteiger partial charge in [-0.25, -0.2) is 4.52 Å². The number of benzene rings is 2. The first kappa shape index (κ1) is 30.5. The summed E-state index contributed by atoms with van der Waals surface area (Å²) in [5, 5.41) is 6.69. The Bertz CT molecular complexity index is 1810. The molecule has 2 aromatic heterocycles. The summed E-state index contributed by atoms with van der Waals surface area (Å²) in [6, 6.07) is 9.00. The number of amides is 2. The molecule has 0 unspecified atom stereocenters. The topological polar surface area (TPSA) is 88.7 Å². The van der Waals surface area contributed by atoms with Crippen molar-refractivity contribution < 1.29 is 27.2 Å². The van der Waals surface area contributed by atoms with Crippen LogP contribution in [0.2, 0.25) is 0 Å². The molecule has 0 saturated carbocycles. The fraction of sp³-hybridized carbons (Fsp3) is 0.333. The number of nitrogens with zero attached hydrogens (tertiary/aromatic N) is 4. The van der Waals surface area contributed by atoms with Crippen molar-refractivity contribution in [2.45, 2.75) is 52.4 Å². The van der Waals surface area contributed by atoms with Gasteiger partial charge < -0.3 is 10.2 Å². The highest BCUT2D eigenvalue weighted by Gasteiger charge is 2.37. The Balaban J connectivity index is 1.68. The number of fused-ring (bicyclic) bond motifs is 3. The SMILES string of the molecule is CNC(=O)c1ccc(-n2c(=O)c3c(n4nc(F)c(CC(C)C)c24)CN(C(=O)c2ccc(Br)c(C(F)(F)F)c2)[C@H](C)C3)cc1. The van der Waals surface area contributed by atoms with E-state index in [1.54, 1.807) is 31.2 Å². The van der Waals surface area contributed by atoms with Crippen LogP contribution in [0.25, 0.3) is 11.3 Å². The molecule has 43 heavy (non-hydrogen) atoms. The average Bonchev–Trinajstić information content (AvgIpc) is 3.26. The molecule has 0 radical (unpaired) electrons. The zero-order valence-corrected chi connectivity index (χ0v) is 25.3. The van der Waals surface area contributed by atoms with Crippen LogP contribution in [0.4, 0.5) is 17.6 Å². The van der Waals surface area contributed by atoms with Gasteiger partial charge in [-0.05, 0) is 68.1 Å². The molecule has 0 fully saturated rings. The zero-order chi connectivity index (χ0) is 31.4. The smallest absolute Gasteiger partial charge is 0.355 e. The van der Waals surface area contributed by atoms with Gasteiger partial charge in [0.2, 0.25) is 5.95 Å². The van der Waals surface area contributed by atoms with E-state index in [9.17, 15) is 27.6 Å². The van der Waals surface area contributed by atoms with E-state index in [1.807, 2.05) is 13.8 Å². The summed E-state index contributed by atoms with van der Waals surface area (Å²) in [4.78, 5) is 41.1. The van der Waals surface area contributed by atoms with Crippen LogP contribution in [0.5, 0.6) is 0 Å². The molecular weight excluding hydrogens is 634 g/mol. The van der Waals surface area contributed by atoms with Crippen LogP contribution in [0.1, 0.15) is 63.9 Å². The third-order valence-electron chi connectivity index (χ3n) is 7.54. The number of hydrogen-bond acceptors (Lipinski definition) is 4. The lowest BCUT2D eigenvalue weighted by Gasteiger charge is -2.35. The third-order valence-corrected chi connectivity index (χ3v) is 8.23. The predicted molar refractivity (Wildman–Crippen MR) is 155 cm³/mol. The summed E-state index contributed by atoms with van der Waals surface area (Å²) in [6.07, 6.45) is -4.34. The first-order valence-electron chi connectivity index (χ1n) is 13.6. The van der Waals surface area contributed by atoms with Crippen molar-refractivity contribution in [3.8, 4) is 5.69 Å². The van der Waals surface area contributed by atoms with Crippen LogP contribution in [0.15, 0.2) is 51.7 Å². The lowest BCUT2D eigenvalue weighted by atomic mass is 9.97. The summed E-state index contributed by atoms with van der Waals surface area (Å²) in [6.45, 7) is 5.33. The first-order chi connectivity index (χ1) is 20.2. The van der Waals surface area contributed by atoms with E-state index in [2.05, 4.69) is 26.3 Å². The van der Waals surface area contributed by atoms with Gasteiger partial charge in [0, 0.05) is 34.3 Å². The van der Waals surface area contributed by atoms with Gasteiger partial charge in [0.05, 0.1) is 29.1 Å². The standard InChI is InChI=1S/C30H28BrF4N5O3/c1-15(2)11-21-25(32)37-40-24-14-38(28(42)18-7-10-23(31)22(13-18)30(33,34)35)16(3)12-20(24)29(43)39(27(21)40)19-8-5-17(6-9-19)26(41)36-4/h5-10,13,15-16H,11-12,14H2,1-4H3,(H,36,41)/t16-/m1/s1. The number of aromatic nitrogens is 3. The lowest BCUT2D eigenvalue weighted by molar-refractivity contribution is -0.138. The summed E-state index contributed by atoms with van der Waals surface area (Å²) in [5.41, 5.74) is 0.189. The van der Waals surface area contributed by atoms with E-state index in [1.165, 1.54) is 33.2 Å². The highest BCUT2D eigenvalue weighted by molar-refractivity contribution is 9.10. The molecule has 0 bridgehead atoms. The number of carbonyl (C=O) groups is 2. The van der Waals surface area contributed by atoms with Crippen LogP contribution in [0.3, 0.4) is 0 Å². The molecule has 226 valence electrons. The van der Waals surface area contributed by atoms with E-state index in [0.717, 1.165) is 6.07 Å². The van der Waals surface area contributed by atoms with Crippen molar-refractivity contribution in [1.29, 1.82) is 0 Å². The molecule has 5 rings (SSSR count). The van der Waals surface area contributed by atoms with Crippen molar-refractivity contribution in [3.63, 3.8) is 0 Å². The quantitative estimate of drug-likeness (QED) is 0.284. The second kappa shape index (κ2) is 11.3. The fourth-order valence-corrected chi connectivity index (χ4v) is 5.92. The van der Waals surface area contributed by atoms with Gasteiger partial charge in [-0.2, -0.15) is 17.6 Å². The van der Waals surface area contributed by atoms with Crippen molar-refractivity contribution >= 4 is 33.4 Å². The van der Waals surface area contributed by atoms with E-state index >= 15 is 4.39 Å². The molecule has 1 N–H and O–H groups in total. The summed E-state index contributed by atoms with van der Waals surface area (Å²) in [7, 11) is 1.50. The predicted octanol–water partition coefficient (Wildman–Crippen LogP) is 5.55. The van der Waals surface area contributed by atoms with E-state index < -0.39 is 35.2 Å². The number of rotatable bonds is 5. The average molecular weight is 662 g/mol. The van der Waals surface area contributed by atoms with Crippen molar-refractivity contribution in [1.82, 2.24) is 24.4 Å². The van der Waals surface area contributed by atoms with E-state index in [0.29, 0.717) is 16.8 Å². The summed E-state index contributed by atoms with van der Waals surface area (Å²) >= 11 is 2.90. The number of halogens is 5. The summed E-state index contributed by atoms with van der Waals surface area (Å²) < 4.78 is 58.6. The molecule has 1 atom stereocenters. The maximum absolute atomic E-state index is 15.5. The normalized spacial score (nSPS) is 15.2. The molecule has 0 aliphatic carbocycles. The Morgan fingerprint density at radius 1 is 1.12 bits per heavy atom. The van der Waals surface area contributed by atoms with E-state index in [4.69, 9.17) is 0 Å². The van der Waals surface area contributed by atoms with Gasteiger partial charge in [0.25, 0.3) is 17.4 Å². The Morgan fingerprint density at radius 3 is 2.37 bits per heavy atom. The van der Waals surface area contributed by atoms with E-state index in [-0.39, 0.29) is 58.2 Å². The van der Waals surface area contributed by atoms with Gasteiger partial charge >= 0.3 is 6.18 Å². The van der Waals surface area contributed by atoms with Gasteiger partial charge in [-0.15, -0.1) is 5.10 Å². The van der Waals surface area contributed by atoms with Crippen molar-refractivity contribution in [2.75, 3.05) is 7.05 Å². The van der Waals surface area contributed by atoms with Crippen LogP contribution in [-0.4, -0.2) is 44.0 Å². The van der Waals surface area contributed by atoms with Gasteiger partial charge in [-0.1, -0.05) is 29.8 Å². The highest BCUT2D eigenvalue weighted by Crippen LogP contribution is 2.36. The largest absolute Gasteiger partial charge is 0.417 e. The monoisotopic (exact) mass is 661 g/mol. The van der Waals surface area contributed by atoms with Crippen molar-refractivity contribution in [3.05, 3.63) is 96.7 Å². The highest BCUT2D eigenvalue weighted by atomic mass is 79.9. The van der Waals surface area contributed by atoms with Crippen LogP contribution in [-0.2, 0) is 25.6 Å². The molecule has 0 spiro atoms. The minimum Gasteiger partial charge on any atom is -0.355 e. The molecule has 2 aromatic carbocycles. The number of carbonyl (C=O) groups excluding carboxylic acids is 2. The van der Waals surface area contributed by atoms with Gasteiger partial charge in [0.15, 0.2) is 0 Å².